The second-order valence-corrected chi connectivity index (χ2v) is 4.46. The van der Waals surface area contributed by atoms with E-state index in [4.69, 9.17) is 5.26 Å². The molecule has 0 aromatic heterocycles. The van der Waals surface area contributed by atoms with Crippen molar-refractivity contribution in [3.63, 3.8) is 0 Å². The van der Waals surface area contributed by atoms with Crippen LogP contribution in [0.1, 0.15) is 49.3 Å². The number of hydrogen-bond acceptors (Lipinski definition) is 2. The second kappa shape index (κ2) is 5.14. The molecule has 1 aromatic carbocycles. The predicted molar refractivity (Wildman–Crippen MR) is 65.1 cm³/mol. The van der Waals surface area contributed by atoms with Gasteiger partial charge in [0.25, 0.3) is 0 Å². The highest BCUT2D eigenvalue weighted by Gasteiger charge is 2.24. The summed E-state index contributed by atoms with van der Waals surface area (Å²) in [5.74, 6) is 0.755. The van der Waals surface area contributed by atoms with Gasteiger partial charge in [-0.05, 0) is 42.9 Å². The first kappa shape index (κ1) is 11.2. The zero-order chi connectivity index (χ0) is 11.4. The molecule has 0 bridgehead atoms. The van der Waals surface area contributed by atoms with E-state index in [1.807, 2.05) is 6.07 Å². The van der Waals surface area contributed by atoms with Gasteiger partial charge in [0.1, 0.15) is 6.04 Å². The van der Waals surface area contributed by atoms with Gasteiger partial charge in [-0.1, -0.05) is 31.2 Å². The molecule has 0 radical (unpaired) electrons. The van der Waals surface area contributed by atoms with Gasteiger partial charge in [-0.25, -0.2) is 0 Å². The minimum Gasteiger partial charge on any atom is -0.298 e. The van der Waals surface area contributed by atoms with Gasteiger partial charge in [-0.3, -0.25) is 5.32 Å². The lowest BCUT2D eigenvalue weighted by atomic mass is 10.0. The van der Waals surface area contributed by atoms with Gasteiger partial charge in [-0.2, -0.15) is 5.26 Å². The van der Waals surface area contributed by atoms with Gasteiger partial charge in [0.2, 0.25) is 0 Å². The molecule has 1 aromatic rings. The summed E-state index contributed by atoms with van der Waals surface area (Å²) in [6.07, 6.45) is 3.67. The predicted octanol–water partition coefficient (Wildman–Crippen LogP) is 3.13. The van der Waals surface area contributed by atoms with E-state index >= 15 is 0 Å². The standard InChI is InChI=1S/C14H18N2/c1-2-8-16-14(10-15)13-5-3-4-12(9-13)11-6-7-11/h3-5,9,11,14,16H,2,6-8H2,1H3. The second-order valence-electron chi connectivity index (χ2n) is 4.46. The Kier molecular flexibility index (Phi) is 3.58. The molecule has 1 aliphatic carbocycles. The van der Waals surface area contributed by atoms with Crippen molar-refractivity contribution in [2.75, 3.05) is 6.54 Å². The Labute approximate surface area is 97.3 Å². The van der Waals surface area contributed by atoms with Crippen LogP contribution < -0.4 is 5.32 Å². The summed E-state index contributed by atoms with van der Waals surface area (Å²) in [5, 5.41) is 12.4. The zero-order valence-corrected chi connectivity index (χ0v) is 9.74. The molecular weight excluding hydrogens is 196 g/mol. The Hall–Kier alpha value is -1.33. The first-order valence-electron chi connectivity index (χ1n) is 6.08. The van der Waals surface area contributed by atoms with Crippen LogP contribution in [-0.4, -0.2) is 6.54 Å². The van der Waals surface area contributed by atoms with E-state index in [-0.39, 0.29) is 6.04 Å². The highest BCUT2D eigenvalue weighted by atomic mass is 14.9. The summed E-state index contributed by atoms with van der Waals surface area (Å²) >= 11 is 0. The summed E-state index contributed by atoms with van der Waals surface area (Å²) in [4.78, 5) is 0. The van der Waals surface area contributed by atoms with Crippen molar-refractivity contribution in [2.45, 2.75) is 38.1 Å². The molecule has 2 heteroatoms. The smallest absolute Gasteiger partial charge is 0.121 e. The van der Waals surface area contributed by atoms with E-state index in [0.29, 0.717) is 0 Å². The first-order valence-corrected chi connectivity index (χ1v) is 6.08. The third-order valence-electron chi connectivity index (χ3n) is 3.02. The lowest BCUT2D eigenvalue weighted by Crippen LogP contribution is -2.20. The minimum absolute atomic E-state index is 0.154. The van der Waals surface area contributed by atoms with Crippen LogP contribution in [0.3, 0.4) is 0 Å². The number of rotatable bonds is 5. The highest BCUT2D eigenvalue weighted by Crippen LogP contribution is 2.40. The van der Waals surface area contributed by atoms with Gasteiger partial charge in [-0.15, -0.1) is 0 Å². The van der Waals surface area contributed by atoms with E-state index in [1.54, 1.807) is 0 Å². The molecule has 0 spiro atoms. The van der Waals surface area contributed by atoms with Crippen molar-refractivity contribution in [1.29, 1.82) is 5.26 Å². The summed E-state index contributed by atoms with van der Waals surface area (Å²) in [6, 6.07) is 10.7. The van der Waals surface area contributed by atoms with E-state index < -0.39 is 0 Å². The summed E-state index contributed by atoms with van der Waals surface area (Å²) in [6.45, 7) is 3.01. The minimum atomic E-state index is -0.154. The van der Waals surface area contributed by atoms with Crippen LogP contribution >= 0.6 is 0 Å². The van der Waals surface area contributed by atoms with Crippen molar-refractivity contribution < 1.29 is 0 Å². The maximum atomic E-state index is 9.14. The molecule has 84 valence electrons. The molecule has 16 heavy (non-hydrogen) atoms. The van der Waals surface area contributed by atoms with Crippen LogP contribution in [0.2, 0.25) is 0 Å². The van der Waals surface area contributed by atoms with Gasteiger partial charge in [0.15, 0.2) is 0 Å². The third-order valence-corrected chi connectivity index (χ3v) is 3.02. The summed E-state index contributed by atoms with van der Waals surface area (Å²) < 4.78 is 0. The average molecular weight is 214 g/mol. The fourth-order valence-electron chi connectivity index (χ4n) is 1.94. The third kappa shape index (κ3) is 2.62. The highest BCUT2D eigenvalue weighted by molar-refractivity contribution is 5.33. The number of nitrogens with one attached hydrogen (secondary N) is 1. The first-order chi connectivity index (χ1) is 7.85. The molecular formula is C14H18N2. The van der Waals surface area contributed by atoms with E-state index in [0.717, 1.165) is 24.4 Å². The van der Waals surface area contributed by atoms with Gasteiger partial charge in [0, 0.05) is 0 Å². The Balaban J connectivity index is 2.11. The maximum Gasteiger partial charge on any atom is 0.121 e. The fourth-order valence-corrected chi connectivity index (χ4v) is 1.94. The molecule has 0 saturated heterocycles. The number of hydrogen-bond donors (Lipinski definition) is 1. The molecule has 1 unspecified atom stereocenters. The number of benzene rings is 1. The van der Waals surface area contributed by atoms with Crippen LogP contribution in [0.4, 0.5) is 0 Å². The number of nitrogens with zero attached hydrogens (tertiary/aromatic N) is 1. The molecule has 0 amide bonds. The van der Waals surface area contributed by atoms with Crippen molar-refractivity contribution >= 4 is 0 Å². The van der Waals surface area contributed by atoms with Crippen molar-refractivity contribution in [2.24, 2.45) is 0 Å². The topological polar surface area (TPSA) is 35.8 Å². The van der Waals surface area contributed by atoms with Gasteiger partial charge in [0.05, 0.1) is 6.07 Å². The average Bonchev–Trinajstić information content (AvgIpc) is 3.14. The van der Waals surface area contributed by atoms with Crippen LogP contribution in [-0.2, 0) is 0 Å². The Morgan fingerprint density at radius 2 is 2.31 bits per heavy atom. The maximum absolute atomic E-state index is 9.14. The quantitative estimate of drug-likeness (QED) is 0.817. The fraction of sp³-hybridized carbons (Fsp3) is 0.500. The molecule has 1 N–H and O–H groups in total. The molecule has 1 aliphatic rings. The molecule has 2 nitrogen and oxygen atoms in total. The van der Waals surface area contributed by atoms with Crippen LogP contribution in [0.5, 0.6) is 0 Å². The van der Waals surface area contributed by atoms with Gasteiger partial charge < -0.3 is 0 Å². The zero-order valence-electron chi connectivity index (χ0n) is 9.74. The van der Waals surface area contributed by atoms with Crippen molar-refractivity contribution in [3.05, 3.63) is 35.4 Å². The molecule has 2 rings (SSSR count). The lowest BCUT2D eigenvalue weighted by molar-refractivity contribution is 0.620. The Bertz CT molecular complexity index is 388. The molecule has 0 heterocycles. The SMILES string of the molecule is CCCNC(C#N)c1cccc(C2CC2)c1. The van der Waals surface area contributed by atoms with Gasteiger partial charge >= 0.3 is 0 Å². The Morgan fingerprint density at radius 3 is 2.94 bits per heavy atom. The molecule has 1 atom stereocenters. The molecule has 1 fully saturated rings. The normalized spacial score (nSPS) is 16.8. The largest absolute Gasteiger partial charge is 0.298 e. The van der Waals surface area contributed by atoms with Crippen LogP contribution in [0.25, 0.3) is 0 Å². The Morgan fingerprint density at radius 1 is 1.50 bits per heavy atom. The van der Waals surface area contributed by atoms with E-state index in [2.05, 4.69) is 36.5 Å². The van der Waals surface area contributed by atoms with Crippen LogP contribution in [0.15, 0.2) is 24.3 Å². The van der Waals surface area contributed by atoms with E-state index in [1.165, 1.54) is 18.4 Å². The molecule has 1 saturated carbocycles. The van der Waals surface area contributed by atoms with Crippen LogP contribution in [0, 0.1) is 11.3 Å². The number of nitriles is 1. The summed E-state index contributed by atoms with van der Waals surface area (Å²) in [7, 11) is 0. The monoisotopic (exact) mass is 214 g/mol. The molecule has 0 aliphatic heterocycles. The van der Waals surface area contributed by atoms with Crippen molar-refractivity contribution in [1.82, 2.24) is 5.32 Å². The van der Waals surface area contributed by atoms with Crippen molar-refractivity contribution in [3.8, 4) is 6.07 Å². The lowest BCUT2D eigenvalue weighted by Gasteiger charge is -2.12. The van der Waals surface area contributed by atoms with E-state index in [9.17, 15) is 0 Å². The summed E-state index contributed by atoms with van der Waals surface area (Å²) in [5.41, 5.74) is 2.51.